The lowest BCUT2D eigenvalue weighted by molar-refractivity contribution is 0.661. The Labute approximate surface area is 255 Å². The predicted molar refractivity (Wildman–Crippen MR) is 180 cm³/mol. The summed E-state index contributed by atoms with van der Waals surface area (Å²) in [7, 11) is 0. The second-order valence-corrected chi connectivity index (χ2v) is 12.5. The summed E-state index contributed by atoms with van der Waals surface area (Å²) in [5.41, 5.74) is 13.6. The van der Waals surface area contributed by atoms with Crippen LogP contribution in [-0.4, -0.2) is 15.0 Å². The summed E-state index contributed by atoms with van der Waals surface area (Å²) in [4.78, 5) is 15.5. The van der Waals surface area contributed by atoms with Crippen molar-refractivity contribution in [3.63, 3.8) is 0 Å². The number of hydrogen-bond acceptors (Lipinski definition) is 3. The Bertz CT molecular complexity index is 1410. The first-order valence-electron chi connectivity index (χ1n) is 16.3. The quantitative estimate of drug-likeness (QED) is 0.152. The summed E-state index contributed by atoms with van der Waals surface area (Å²) in [6.07, 6.45) is 12.3. The van der Waals surface area contributed by atoms with Crippen LogP contribution in [0.4, 0.5) is 0 Å². The maximum Gasteiger partial charge on any atom is 0.164 e. The van der Waals surface area contributed by atoms with Crippen molar-refractivity contribution < 1.29 is 0 Å². The Balaban J connectivity index is 1.87. The molecule has 0 fully saturated rings. The number of hydrogen-bond donors (Lipinski definition) is 0. The number of nitrogens with zero attached hydrogens (tertiary/aromatic N) is 3. The van der Waals surface area contributed by atoms with Crippen LogP contribution in [-0.2, 0) is 12.8 Å². The van der Waals surface area contributed by atoms with Crippen LogP contribution in [0.15, 0.2) is 42.5 Å². The third-order valence-corrected chi connectivity index (χ3v) is 8.75. The van der Waals surface area contributed by atoms with Gasteiger partial charge < -0.3 is 0 Å². The molecule has 4 rings (SSSR count). The minimum atomic E-state index is 0.756. The van der Waals surface area contributed by atoms with Gasteiger partial charge in [-0.3, -0.25) is 0 Å². The number of aryl methyl sites for hydroxylation is 8. The molecule has 3 nitrogen and oxygen atoms in total. The highest BCUT2D eigenvalue weighted by atomic mass is 15.0. The van der Waals surface area contributed by atoms with Crippen molar-refractivity contribution in [2.75, 3.05) is 0 Å². The fourth-order valence-corrected chi connectivity index (χ4v) is 5.84. The molecule has 0 aliphatic rings. The van der Waals surface area contributed by atoms with E-state index in [4.69, 9.17) is 15.0 Å². The molecule has 4 aromatic rings. The fraction of sp³-hybridized carbons (Fsp3) is 0.462. The van der Waals surface area contributed by atoms with E-state index < -0.39 is 0 Å². The van der Waals surface area contributed by atoms with Crippen molar-refractivity contribution in [3.8, 4) is 34.2 Å². The van der Waals surface area contributed by atoms with Crippen molar-refractivity contribution in [2.45, 2.75) is 120 Å². The average molecular weight is 562 g/mol. The molecule has 0 amide bonds. The van der Waals surface area contributed by atoms with E-state index in [-0.39, 0.29) is 0 Å². The molecule has 0 unspecified atom stereocenters. The summed E-state index contributed by atoms with van der Waals surface area (Å²) in [5, 5.41) is 0. The normalized spacial score (nSPS) is 11.3. The summed E-state index contributed by atoms with van der Waals surface area (Å²) in [6.45, 7) is 17.6. The molecule has 1 heterocycles. The second-order valence-electron chi connectivity index (χ2n) is 12.5. The fourth-order valence-electron chi connectivity index (χ4n) is 5.84. The molecule has 0 radical (unpaired) electrons. The van der Waals surface area contributed by atoms with E-state index in [0.717, 1.165) is 47.0 Å². The molecule has 0 spiro atoms. The molecule has 0 atom stereocenters. The smallest absolute Gasteiger partial charge is 0.164 e. The van der Waals surface area contributed by atoms with Gasteiger partial charge in [0.1, 0.15) is 0 Å². The SMILES string of the molecule is CCCCCCc1cc(CCCCCC)cc(-c2nc(-c3cc(C)c(C)cc3C)nc(-c3cc(C)c(C)cc3C)n2)c1. The van der Waals surface area contributed by atoms with Gasteiger partial charge in [0, 0.05) is 16.7 Å². The van der Waals surface area contributed by atoms with Gasteiger partial charge in [0.2, 0.25) is 0 Å². The Hall–Kier alpha value is -3.33. The van der Waals surface area contributed by atoms with E-state index >= 15 is 0 Å². The van der Waals surface area contributed by atoms with Gasteiger partial charge in [-0.05, 0) is 136 Å². The number of benzene rings is 3. The monoisotopic (exact) mass is 561 g/mol. The van der Waals surface area contributed by atoms with Gasteiger partial charge in [0.15, 0.2) is 17.5 Å². The summed E-state index contributed by atoms with van der Waals surface area (Å²) >= 11 is 0. The molecule has 42 heavy (non-hydrogen) atoms. The van der Waals surface area contributed by atoms with E-state index in [2.05, 4.69) is 97.9 Å². The van der Waals surface area contributed by atoms with Crippen LogP contribution in [0.5, 0.6) is 0 Å². The molecule has 3 aromatic carbocycles. The van der Waals surface area contributed by atoms with Crippen LogP contribution >= 0.6 is 0 Å². The first-order valence-corrected chi connectivity index (χ1v) is 16.3. The average Bonchev–Trinajstić information content (AvgIpc) is 2.97. The molecular formula is C39H51N3. The summed E-state index contributed by atoms with van der Waals surface area (Å²) in [5.74, 6) is 2.28. The lowest BCUT2D eigenvalue weighted by Gasteiger charge is -2.15. The van der Waals surface area contributed by atoms with E-state index in [0.29, 0.717) is 0 Å². The number of aromatic nitrogens is 3. The molecule has 222 valence electrons. The maximum absolute atomic E-state index is 5.18. The highest BCUT2D eigenvalue weighted by Crippen LogP contribution is 2.31. The first kappa shape index (κ1) is 31.6. The van der Waals surface area contributed by atoms with Crippen LogP contribution in [0.25, 0.3) is 34.2 Å². The molecule has 0 aliphatic carbocycles. The lowest BCUT2D eigenvalue weighted by atomic mass is 9.97. The van der Waals surface area contributed by atoms with Crippen molar-refractivity contribution in [3.05, 3.63) is 87.0 Å². The van der Waals surface area contributed by atoms with Gasteiger partial charge in [-0.25, -0.2) is 15.0 Å². The van der Waals surface area contributed by atoms with E-state index in [1.54, 1.807) is 0 Å². The summed E-state index contributed by atoms with van der Waals surface area (Å²) in [6, 6.07) is 16.1. The van der Waals surface area contributed by atoms with E-state index in [9.17, 15) is 0 Å². The minimum absolute atomic E-state index is 0.756. The van der Waals surface area contributed by atoms with Gasteiger partial charge in [-0.1, -0.05) is 70.6 Å². The Kier molecular flexibility index (Phi) is 11.1. The van der Waals surface area contributed by atoms with Crippen LogP contribution in [0, 0.1) is 41.5 Å². The molecule has 1 aromatic heterocycles. The van der Waals surface area contributed by atoms with Crippen molar-refractivity contribution >= 4 is 0 Å². The van der Waals surface area contributed by atoms with E-state index in [1.165, 1.54) is 95.9 Å². The topological polar surface area (TPSA) is 38.7 Å². The van der Waals surface area contributed by atoms with Crippen LogP contribution in [0.2, 0.25) is 0 Å². The zero-order chi connectivity index (χ0) is 30.2. The van der Waals surface area contributed by atoms with Crippen LogP contribution in [0.1, 0.15) is 110 Å². The van der Waals surface area contributed by atoms with Crippen LogP contribution in [0.3, 0.4) is 0 Å². The molecule has 0 N–H and O–H groups in total. The Morgan fingerprint density at radius 3 is 1.24 bits per heavy atom. The Morgan fingerprint density at radius 1 is 0.405 bits per heavy atom. The third kappa shape index (κ3) is 7.94. The minimum Gasteiger partial charge on any atom is -0.208 e. The molecule has 0 aliphatic heterocycles. The van der Waals surface area contributed by atoms with Crippen LogP contribution < -0.4 is 0 Å². The van der Waals surface area contributed by atoms with Gasteiger partial charge in [0.25, 0.3) is 0 Å². The highest BCUT2D eigenvalue weighted by Gasteiger charge is 2.17. The molecule has 0 saturated carbocycles. The highest BCUT2D eigenvalue weighted by molar-refractivity contribution is 5.71. The molecular weight excluding hydrogens is 510 g/mol. The van der Waals surface area contributed by atoms with E-state index in [1.807, 2.05) is 0 Å². The first-order chi connectivity index (χ1) is 20.2. The van der Waals surface area contributed by atoms with Crippen molar-refractivity contribution in [1.82, 2.24) is 15.0 Å². The standard InChI is InChI=1S/C39H51N3/c1-9-11-13-15-17-32-23-33(18-16-14-12-10-2)25-34(24-32)37-40-38(35-21-28(5)26(3)19-30(35)7)42-39(41-37)36-22-29(6)27(4)20-31(36)8/h19-25H,9-18H2,1-8H3. The molecule has 0 bridgehead atoms. The Morgan fingerprint density at radius 2 is 0.810 bits per heavy atom. The summed E-state index contributed by atoms with van der Waals surface area (Å²) < 4.78 is 0. The van der Waals surface area contributed by atoms with Gasteiger partial charge in [-0.2, -0.15) is 0 Å². The molecule has 0 saturated heterocycles. The lowest BCUT2D eigenvalue weighted by Crippen LogP contribution is -2.04. The van der Waals surface area contributed by atoms with Gasteiger partial charge in [0.05, 0.1) is 0 Å². The number of unbranched alkanes of at least 4 members (excludes halogenated alkanes) is 6. The zero-order valence-corrected chi connectivity index (χ0v) is 27.5. The zero-order valence-electron chi connectivity index (χ0n) is 27.5. The largest absolute Gasteiger partial charge is 0.208 e. The van der Waals surface area contributed by atoms with Gasteiger partial charge in [-0.15, -0.1) is 0 Å². The third-order valence-electron chi connectivity index (χ3n) is 8.75. The molecule has 3 heteroatoms. The second kappa shape index (κ2) is 14.7. The maximum atomic E-state index is 5.18. The number of rotatable bonds is 13. The van der Waals surface area contributed by atoms with Gasteiger partial charge >= 0.3 is 0 Å². The van der Waals surface area contributed by atoms with Crippen molar-refractivity contribution in [2.24, 2.45) is 0 Å². The predicted octanol–water partition coefficient (Wildman–Crippen LogP) is 11.0. The van der Waals surface area contributed by atoms with Crippen molar-refractivity contribution in [1.29, 1.82) is 0 Å².